The normalized spacial score (nSPS) is 11.9. The van der Waals surface area contributed by atoms with E-state index in [1.165, 1.54) is 49.6 Å². The summed E-state index contributed by atoms with van der Waals surface area (Å²) in [4.78, 5) is 9.83. The topological polar surface area (TPSA) is 30.7 Å². The first-order valence-corrected chi connectivity index (χ1v) is 13.9. The van der Waals surface area contributed by atoms with E-state index >= 15 is 0 Å². The van der Waals surface area contributed by atoms with Gasteiger partial charge in [-0.05, 0) is 58.7 Å². The summed E-state index contributed by atoms with van der Waals surface area (Å²) in [6.45, 7) is 0. The first-order chi connectivity index (χ1) is 20.4. The molecule has 0 spiro atoms. The average molecular weight is 522 g/mol. The van der Waals surface area contributed by atoms with Crippen LogP contribution in [0.3, 0.4) is 0 Å². The monoisotopic (exact) mass is 521 g/mol. The summed E-state index contributed by atoms with van der Waals surface area (Å²) in [5, 5.41) is 3.55. The molecule has 0 saturated heterocycles. The predicted octanol–water partition coefficient (Wildman–Crippen LogP) is 9.71. The minimum Gasteiger partial charge on any atom is -0.309 e. The number of hydrogen-bond acceptors (Lipinski definition) is 2. The minimum atomic E-state index is 0.759. The smallest absolute Gasteiger partial charge is 0.159 e. The highest BCUT2D eigenvalue weighted by atomic mass is 15.0. The van der Waals surface area contributed by atoms with Gasteiger partial charge in [0.05, 0.1) is 22.4 Å². The molecule has 0 bridgehead atoms. The van der Waals surface area contributed by atoms with E-state index in [9.17, 15) is 0 Å². The Balaban J connectivity index is 1.48. The molecule has 1 aliphatic carbocycles. The highest BCUT2D eigenvalue weighted by molar-refractivity contribution is 6.11. The van der Waals surface area contributed by atoms with Crippen molar-refractivity contribution in [1.82, 2.24) is 14.5 Å². The standard InChI is InChI=1S/C38H23N3/c1-2-13-26-25(12-1)29-18-9-21-35(41-33-19-7-5-14-27(33)28-15-6-8-20-34(28)41)36(29)30-16-3-4-17-31(30)37-32(26)23-24-11-10-22-39-38(24)40-37/h1-23H. The van der Waals surface area contributed by atoms with Gasteiger partial charge in [-0.1, -0.05) is 97.1 Å². The first-order valence-electron chi connectivity index (χ1n) is 13.9. The summed E-state index contributed by atoms with van der Waals surface area (Å²) >= 11 is 0. The van der Waals surface area contributed by atoms with E-state index in [4.69, 9.17) is 4.98 Å². The van der Waals surface area contributed by atoms with Crippen LogP contribution in [0.25, 0.3) is 83.2 Å². The maximum atomic E-state index is 5.20. The van der Waals surface area contributed by atoms with Crippen molar-refractivity contribution in [2.45, 2.75) is 0 Å². The van der Waals surface area contributed by atoms with Crippen molar-refractivity contribution < 1.29 is 0 Å². The number of fused-ring (bicyclic) bond motifs is 12. The van der Waals surface area contributed by atoms with Crippen molar-refractivity contribution in [3.63, 3.8) is 0 Å². The van der Waals surface area contributed by atoms with Gasteiger partial charge in [-0.3, -0.25) is 0 Å². The van der Waals surface area contributed by atoms with Crippen molar-refractivity contribution >= 4 is 32.8 Å². The van der Waals surface area contributed by atoms with Gasteiger partial charge in [0.15, 0.2) is 5.65 Å². The van der Waals surface area contributed by atoms with Crippen molar-refractivity contribution in [2.75, 3.05) is 0 Å². The van der Waals surface area contributed by atoms with Crippen LogP contribution < -0.4 is 0 Å². The van der Waals surface area contributed by atoms with Crippen molar-refractivity contribution in [3.05, 3.63) is 140 Å². The van der Waals surface area contributed by atoms with Crippen LogP contribution in [-0.4, -0.2) is 14.5 Å². The molecule has 3 heteroatoms. The number of hydrogen-bond donors (Lipinski definition) is 0. The number of pyridine rings is 2. The molecule has 3 heterocycles. The molecule has 0 saturated carbocycles. The van der Waals surface area contributed by atoms with Gasteiger partial charge in [-0.2, -0.15) is 0 Å². The third-order valence-electron chi connectivity index (χ3n) is 8.41. The van der Waals surface area contributed by atoms with E-state index in [0.717, 1.165) is 33.5 Å². The summed E-state index contributed by atoms with van der Waals surface area (Å²) in [5.74, 6) is 0. The van der Waals surface area contributed by atoms with Crippen LogP contribution in [0, 0.1) is 0 Å². The average Bonchev–Trinajstić information content (AvgIpc) is 3.37. The van der Waals surface area contributed by atoms with Gasteiger partial charge in [0, 0.05) is 39.0 Å². The second-order valence-corrected chi connectivity index (χ2v) is 10.6. The van der Waals surface area contributed by atoms with Crippen LogP contribution >= 0.6 is 0 Å². The molecular weight excluding hydrogens is 498 g/mol. The fourth-order valence-corrected chi connectivity index (χ4v) is 6.69. The van der Waals surface area contributed by atoms with Gasteiger partial charge in [0.2, 0.25) is 0 Å². The van der Waals surface area contributed by atoms with E-state index in [1.807, 2.05) is 12.3 Å². The molecule has 5 aromatic carbocycles. The predicted molar refractivity (Wildman–Crippen MR) is 169 cm³/mol. The molecule has 0 N–H and O–H groups in total. The third kappa shape index (κ3) is 3.14. The lowest BCUT2D eigenvalue weighted by atomic mass is 9.82. The Hall–Kier alpha value is -5.54. The summed E-state index contributed by atoms with van der Waals surface area (Å²) in [5.41, 5.74) is 13.5. The summed E-state index contributed by atoms with van der Waals surface area (Å²) in [6.07, 6.45) is 1.82. The molecule has 3 nitrogen and oxygen atoms in total. The van der Waals surface area contributed by atoms with E-state index < -0.39 is 0 Å². The zero-order chi connectivity index (χ0) is 26.9. The van der Waals surface area contributed by atoms with Gasteiger partial charge < -0.3 is 4.57 Å². The maximum Gasteiger partial charge on any atom is 0.159 e. The van der Waals surface area contributed by atoms with Gasteiger partial charge in [0.25, 0.3) is 0 Å². The Labute approximate surface area is 237 Å². The molecule has 0 atom stereocenters. The van der Waals surface area contributed by atoms with Gasteiger partial charge in [0.1, 0.15) is 0 Å². The molecule has 0 unspecified atom stereocenters. The highest BCUT2D eigenvalue weighted by Gasteiger charge is 2.26. The Bertz CT molecular complexity index is 2270. The van der Waals surface area contributed by atoms with Gasteiger partial charge >= 0.3 is 0 Å². The van der Waals surface area contributed by atoms with Crippen LogP contribution in [0.15, 0.2) is 140 Å². The van der Waals surface area contributed by atoms with Crippen LogP contribution in [-0.2, 0) is 0 Å². The Kier molecular flexibility index (Phi) is 4.61. The van der Waals surface area contributed by atoms with E-state index in [2.05, 4.69) is 137 Å². The largest absolute Gasteiger partial charge is 0.309 e. The first kappa shape index (κ1) is 22.3. The molecule has 190 valence electrons. The Morgan fingerprint density at radius 3 is 1.83 bits per heavy atom. The molecule has 0 aliphatic heterocycles. The Morgan fingerprint density at radius 2 is 1.07 bits per heavy atom. The van der Waals surface area contributed by atoms with Crippen molar-refractivity contribution in [1.29, 1.82) is 0 Å². The zero-order valence-corrected chi connectivity index (χ0v) is 22.1. The zero-order valence-electron chi connectivity index (χ0n) is 22.1. The molecule has 0 fully saturated rings. The molecule has 41 heavy (non-hydrogen) atoms. The second-order valence-electron chi connectivity index (χ2n) is 10.6. The third-order valence-corrected chi connectivity index (χ3v) is 8.41. The molecule has 0 radical (unpaired) electrons. The lowest BCUT2D eigenvalue weighted by Gasteiger charge is -2.25. The number of nitrogens with zero attached hydrogens (tertiary/aromatic N) is 3. The summed E-state index contributed by atoms with van der Waals surface area (Å²) in [6, 6.07) is 47.9. The molecule has 8 aromatic rings. The lowest BCUT2D eigenvalue weighted by molar-refractivity contribution is 1.18. The van der Waals surface area contributed by atoms with Crippen LogP contribution in [0.1, 0.15) is 0 Å². The maximum absolute atomic E-state index is 5.20. The SMILES string of the molecule is c1ccc2c(c1)-c1cc3cccnc3nc1-c1ccccc1-c1c-2cccc1-n1c2ccccc2c2ccccc21. The van der Waals surface area contributed by atoms with Crippen LogP contribution in [0.5, 0.6) is 0 Å². The quantitative estimate of drug-likeness (QED) is 0.215. The molecule has 9 rings (SSSR count). The van der Waals surface area contributed by atoms with E-state index in [1.54, 1.807) is 0 Å². The molecule has 0 amide bonds. The van der Waals surface area contributed by atoms with Crippen molar-refractivity contribution in [3.8, 4) is 50.3 Å². The van der Waals surface area contributed by atoms with E-state index in [0.29, 0.717) is 0 Å². The summed E-state index contributed by atoms with van der Waals surface area (Å²) < 4.78 is 2.43. The van der Waals surface area contributed by atoms with Crippen LogP contribution in [0.4, 0.5) is 0 Å². The number of benzene rings is 5. The summed E-state index contributed by atoms with van der Waals surface area (Å²) in [7, 11) is 0. The number of rotatable bonds is 1. The lowest BCUT2D eigenvalue weighted by Crippen LogP contribution is -2.04. The van der Waals surface area contributed by atoms with Gasteiger partial charge in [-0.25, -0.2) is 9.97 Å². The van der Waals surface area contributed by atoms with E-state index in [-0.39, 0.29) is 0 Å². The Morgan fingerprint density at radius 1 is 0.463 bits per heavy atom. The number of para-hydroxylation sites is 2. The molecule has 3 aromatic heterocycles. The van der Waals surface area contributed by atoms with Gasteiger partial charge in [-0.15, -0.1) is 0 Å². The molecular formula is C38H23N3. The fraction of sp³-hybridized carbons (Fsp3) is 0. The fourth-order valence-electron chi connectivity index (χ4n) is 6.69. The van der Waals surface area contributed by atoms with Crippen molar-refractivity contribution in [2.24, 2.45) is 0 Å². The van der Waals surface area contributed by atoms with Crippen LogP contribution in [0.2, 0.25) is 0 Å². The minimum absolute atomic E-state index is 0.759. The highest BCUT2D eigenvalue weighted by Crippen LogP contribution is 2.50. The molecule has 1 aliphatic rings. The number of aromatic nitrogens is 3. The second kappa shape index (κ2) is 8.48.